The van der Waals surface area contributed by atoms with Gasteiger partial charge in [-0.2, -0.15) is 0 Å². The van der Waals surface area contributed by atoms with E-state index in [9.17, 15) is 0 Å². The van der Waals surface area contributed by atoms with Crippen molar-refractivity contribution in [2.24, 2.45) is 13.5 Å². The first-order valence-electron chi connectivity index (χ1n) is 15.8. The molecule has 0 radical (unpaired) electrons. The van der Waals surface area contributed by atoms with E-state index >= 15 is 0 Å². The number of para-hydroxylation sites is 2. The summed E-state index contributed by atoms with van der Waals surface area (Å²) in [6, 6.07) is 44.9. The number of nitrogen functional groups attached to an aromatic ring is 4. The third-order valence-electron chi connectivity index (χ3n) is 7.03. The van der Waals surface area contributed by atoms with Crippen LogP contribution in [0.4, 0.5) is 22.7 Å². The molecule has 52 heavy (non-hydrogen) atoms. The van der Waals surface area contributed by atoms with Gasteiger partial charge in [0.05, 0.1) is 0 Å². The van der Waals surface area contributed by atoms with Crippen molar-refractivity contribution in [3.8, 4) is 34.5 Å². The van der Waals surface area contributed by atoms with E-state index in [1.54, 1.807) is 121 Å². The molecule has 0 amide bonds. The normalized spacial score (nSPS) is 15.0. The van der Waals surface area contributed by atoms with Crippen molar-refractivity contribution in [1.82, 2.24) is 0 Å². The molecule has 13 nitrogen and oxygen atoms in total. The molecule has 1 aliphatic heterocycles. The van der Waals surface area contributed by atoms with Crippen LogP contribution in [0.15, 0.2) is 171 Å². The third-order valence-corrected chi connectivity index (χ3v) is 15.1. The molecular formula is C36H34N7O6P3. The number of nitrogens with zero attached hydrogens (tertiary/aromatic N) is 3. The highest BCUT2D eigenvalue weighted by Crippen LogP contribution is 2.78. The molecule has 0 fully saturated rings. The van der Waals surface area contributed by atoms with E-state index in [0.29, 0.717) is 57.2 Å². The van der Waals surface area contributed by atoms with E-state index in [1.165, 1.54) is 0 Å². The molecule has 264 valence electrons. The Labute approximate surface area is 300 Å². The smallest absolute Gasteiger partial charge is 0.413 e. The van der Waals surface area contributed by atoms with Crippen molar-refractivity contribution in [1.29, 1.82) is 0 Å². The zero-order chi connectivity index (χ0) is 36.0. The summed E-state index contributed by atoms with van der Waals surface area (Å²) in [6.07, 6.45) is 0. The fraction of sp³-hybridized carbons (Fsp3) is 0. The molecule has 0 aliphatic carbocycles. The van der Waals surface area contributed by atoms with Crippen molar-refractivity contribution >= 4 is 45.7 Å². The summed E-state index contributed by atoms with van der Waals surface area (Å²) in [5.41, 5.74) is 26.3. The van der Waals surface area contributed by atoms with Gasteiger partial charge in [0.1, 0.15) is 34.5 Å². The Hall–Kier alpha value is -5.99. The molecule has 0 unspecified atom stereocenters. The Morgan fingerprint density at radius 1 is 0.269 bits per heavy atom. The second kappa shape index (κ2) is 14.7. The predicted octanol–water partition coefficient (Wildman–Crippen LogP) is 10.6. The van der Waals surface area contributed by atoms with Crippen LogP contribution in [0, 0.1) is 0 Å². The van der Waals surface area contributed by atoms with E-state index in [2.05, 4.69) is 0 Å². The number of hydrogen-bond donors (Lipinski definition) is 4. The summed E-state index contributed by atoms with van der Waals surface area (Å²) in [5.74, 6) is 2.14. The molecule has 8 N–H and O–H groups in total. The molecule has 0 bridgehead atoms. The minimum atomic E-state index is -4.05. The third kappa shape index (κ3) is 8.48. The predicted molar refractivity (Wildman–Crippen MR) is 208 cm³/mol. The van der Waals surface area contributed by atoms with E-state index < -0.39 is 23.0 Å². The molecule has 16 heteroatoms. The molecule has 0 saturated carbocycles. The molecule has 0 aromatic heterocycles. The summed E-state index contributed by atoms with van der Waals surface area (Å²) in [7, 11) is -12.1. The van der Waals surface area contributed by atoms with Crippen LogP contribution in [-0.4, -0.2) is 0 Å². The fourth-order valence-electron chi connectivity index (χ4n) is 4.66. The first-order chi connectivity index (χ1) is 25.2. The van der Waals surface area contributed by atoms with E-state index in [4.69, 9.17) is 63.6 Å². The largest absolute Gasteiger partial charge is 0.460 e. The summed E-state index contributed by atoms with van der Waals surface area (Å²) in [6.45, 7) is 0. The van der Waals surface area contributed by atoms with Crippen LogP contribution in [0.25, 0.3) is 0 Å². The Morgan fingerprint density at radius 3 is 0.673 bits per heavy atom. The summed E-state index contributed by atoms with van der Waals surface area (Å²) in [5, 5.41) is 0. The summed E-state index contributed by atoms with van der Waals surface area (Å²) >= 11 is 0. The highest BCUT2D eigenvalue weighted by molar-refractivity contribution is 7.79. The molecule has 6 aromatic carbocycles. The average Bonchev–Trinajstić information content (AvgIpc) is 3.13. The van der Waals surface area contributed by atoms with Crippen molar-refractivity contribution < 1.29 is 27.1 Å². The maximum absolute atomic E-state index is 6.74. The number of nitrogens with two attached hydrogens (primary N) is 4. The van der Waals surface area contributed by atoms with Gasteiger partial charge in [0.2, 0.25) is 0 Å². The van der Waals surface area contributed by atoms with Crippen LogP contribution in [0.2, 0.25) is 0 Å². The van der Waals surface area contributed by atoms with E-state index in [-0.39, 0.29) is 0 Å². The number of anilines is 4. The zero-order valence-electron chi connectivity index (χ0n) is 27.5. The van der Waals surface area contributed by atoms with Crippen LogP contribution in [0.3, 0.4) is 0 Å². The van der Waals surface area contributed by atoms with Crippen LogP contribution in [-0.2, 0) is 0 Å². The fourth-order valence-corrected chi connectivity index (χ4v) is 13.7. The van der Waals surface area contributed by atoms with Crippen molar-refractivity contribution in [3.63, 3.8) is 0 Å². The Morgan fingerprint density at radius 2 is 0.462 bits per heavy atom. The second-order valence-electron chi connectivity index (χ2n) is 11.2. The average molecular weight is 754 g/mol. The molecule has 0 spiro atoms. The van der Waals surface area contributed by atoms with Gasteiger partial charge in [-0.3, -0.25) is 0 Å². The van der Waals surface area contributed by atoms with Crippen molar-refractivity contribution in [3.05, 3.63) is 158 Å². The molecule has 1 aliphatic rings. The van der Waals surface area contributed by atoms with Crippen molar-refractivity contribution in [2.45, 2.75) is 0 Å². The van der Waals surface area contributed by atoms with Gasteiger partial charge in [0.25, 0.3) is 0 Å². The standard InChI is InChI=1S/C36H34N7O6P3/c37-27-11-19-33(20-12-27)46-51(47-34-21-13-28(38)14-22-34)41-50(44-31-7-3-1-4-8-31,45-32-9-5-2-6-10-32)42-52(43-51,48-35-23-15-29(39)16-24-35)49-36-25-17-30(40)18-26-36/h1-26H,37-40H2. The Kier molecular flexibility index (Phi) is 9.74. The lowest BCUT2D eigenvalue weighted by atomic mass is 10.3. The first kappa shape index (κ1) is 34.5. The molecule has 0 atom stereocenters. The minimum absolute atomic E-state index is 0.336. The van der Waals surface area contributed by atoms with Crippen LogP contribution in [0.1, 0.15) is 0 Å². The highest BCUT2D eigenvalue weighted by Gasteiger charge is 2.49. The van der Waals surface area contributed by atoms with Crippen LogP contribution >= 0.6 is 23.0 Å². The van der Waals surface area contributed by atoms with E-state index in [0.717, 1.165) is 0 Å². The molecule has 0 saturated heterocycles. The lowest BCUT2D eigenvalue weighted by Crippen LogP contribution is -2.11. The quantitative estimate of drug-likeness (QED) is 0.0689. The van der Waals surface area contributed by atoms with Gasteiger partial charge < -0.3 is 50.1 Å². The summed E-state index contributed by atoms with van der Waals surface area (Å²) < 4.78 is 55.8. The highest BCUT2D eigenvalue weighted by atomic mass is 31.3. The van der Waals surface area contributed by atoms with E-state index in [1.807, 2.05) is 36.4 Å². The minimum Gasteiger partial charge on any atom is -0.413 e. The lowest BCUT2D eigenvalue weighted by molar-refractivity contribution is 0.443. The van der Waals surface area contributed by atoms with Gasteiger partial charge in [0.15, 0.2) is 0 Å². The van der Waals surface area contributed by atoms with Gasteiger partial charge in [-0.25, -0.2) is 0 Å². The Balaban J connectivity index is 1.56. The SMILES string of the molecule is Nc1ccc(OP2(Oc3ccc(N)cc3)=NP(Oc3ccccc3)(Oc3ccccc3)=NP(Oc3ccc(N)cc3)(Oc3ccc(N)cc3)=N2)cc1. The van der Waals surface area contributed by atoms with Gasteiger partial charge in [-0.15, -0.1) is 0 Å². The molecule has 1 heterocycles. The van der Waals surface area contributed by atoms with Gasteiger partial charge in [0, 0.05) is 22.7 Å². The topological polar surface area (TPSA) is 197 Å². The molecule has 7 rings (SSSR count). The van der Waals surface area contributed by atoms with Crippen LogP contribution in [0.5, 0.6) is 34.5 Å². The zero-order valence-corrected chi connectivity index (χ0v) is 30.1. The van der Waals surface area contributed by atoms with Gasteiger partial charge in [-0.1, -0.05) is 49.9 Å². The first-order valence-corrected chi connectivity index (χ1v) is 20.4. The van der Waals surface area contributed by atoms with Crippen molar-refractivity contribution in [2.75, 3.05) is 22.9 Å². The summed E-state index contributed by atoms with van der Waals surface area (Å²) in [4.78, 5) is 0. The maximum Gasteiger partial charge on any atom is 0.460 e. The van der Waals surface area contributed by atoms with Gasteiger partial charge >= 0.3 is 23.0 Å². The number of hydrogen-bond acceptors (Lipinski definition) is 13. The second-order valence-corrected chi connectivity index (χ2v) is 17.4. The lowest BCUT2D eigenvalue weighted by Gasteiger charge is -2.33. The Bertz CT molecular complexity index is 2070. The maximum atomic E-state index is 6.74. The number of rotatable bonds is 12. The molecular weight excluding hydrogens is 719 g/mol. The van der Waals surface area contributed by atoms with Gasteiger partial charge in [-0.05, 0) is 121 Å². The van der Waals surface area contributed by atoms with Crippen LogP contribution < -0.4 is 50.1 Å². The molecule has 6 aromatic rings. The monoisotopic (exact) mass is 753 g/mol. The number of benzene rings is 6.